The number of ether oxygens (including phenoxy) is 2. The van der Waals surface area contributed by atoms with Crippen molar-refractivity contribution in [3.8, 4) is 23.0 Å². The molecule has 0 aliphatic carbocycles. The van der Waals surface area contributed by atoms with Gasteiger partial charge in [0.2, 0.25) is 5.88 Å². The molecular formula is C31H33ClN4O4. The highest BCUT2D eigenvalue weighted by molar-refractivity contribution is 6.31. The van der Waals surface area contributed by atoms with Gasteiger partial charge in [0.05, 0.1) is 10.9 Å². The maximum absolute atomic E-state index is 14.1. The highest BCUT2D eigenvalue weighted by Gasteiger charge is 2.29. The van der Waals surface area contributed by atoms with E-state index in [0.717, 1.165) is 24.0 Å². The number of rotatable bonds is 5. The van der Waals surface area contributed by atoms with E-state index >= 15 is 0 Å². The van der Waals surface area contributed by atoms with Gasteiger partial charge in [-0.1, -0.05) is 35.9 Å². The third-order valence-corrected chi connectivity index (χ3v) is 7.15. The fourth-order valence-corrected chi connectivity index (χ4v) is 5.14. The van der Waals surface area contributed by atoms with Crippen molar-refractivity contribution in [1.29, 1.82) is 0 Å². The van der Waals surface area contributed by atoms with Crippen LogP contribution in [-0.4, -0.2) is 44.2 Å². The van der Waals surface area contributed by atoms with Crippen molar-refractivity contribution >= 4 is 28.6 Å². The molecule has 0 bridgehead atoms. The summed E-state index contributed by atoms with van der Waals surface area (Å²) >= 11 is 6.23. The summed E-state index contributed by atoms with van der Waals surface area (Å²) in [4.78, 5) is 37.8. The van der Waals surface area contributed by atoms with Gasteiger partial charge in [-0.25, -0.2) is 14.8 Å². The minimum absolute atomic E-state index is 0.0627. The Labute approximate surface area is 238 Å². The van der Waals surface area contributed by atoms with Crippen LogP contribution in [0.15, 0.2) is 65.6 Å². The largest absolute Gasteiger partial charge is 0.444 e. The van der Waals surface area contributed by atoms with Gasteiger partial charge in [0.15, 0.2) is 0 Å². The maximum Gasteiger partial charge on any atom is 0.410 e. The predicted octanol–water partition coefficient (Wildman–Crippen LogP) is 6.86. The van der Waals surface area contributed by atoms with Crippen LogP contribution >= 0.6 is 11.6 Å². The van der Waals surface area contributed by atoms with Gasteiger partial charge in [-0.2, -0.15) is 0 Å². The first-order chi connectivity index (χ1) is 19.1. The summed E-state index contributed by atoms with van der Waals surface area (Å²) in [5, 5.41) is 0.807. The normalized spacial score (nSPS) is 15.7. The van der Waals surface area contributed by atoms with Crippen LogP contribution in [0.3, 0.4) is 0 Å². The van der Waals surface area contributed by atoms with E-state index in [9.17, 15) is 9.59 Å². The Hall–Kier alpha value is -3.91. The lowest BCUT2D eigenvalue weighted by Gasteiger charge is -2.34. The first kappa shape index (κ1) is 27.6. The summed E-state index contributed by atoms with van der Waals surface area (Å²) in [7, 11) is 0. The minimum atomic E-state index is -0.569. The molecule has 2 aromatic carbocycles. The minimum Gasteiger partial charge on any atom is -0.444 e. The van der Waals surface area contributed by atoms with Gasteiger partial charge in [-0.05, 0) is 82.3 Å². The van der Waals surface area contributed by atoms with E-state index in [2.05, 4.69) is 4.98 Å². The summed E-state index contributed by atoms with van der Waals surface area (Å²) < 4.78 is 13.3. The highest BCUT2D eigenvalue weighted by atomic mass is 35.5. The molecular weight excluding hydrogens is 528 g/mol. The molecule has 3 heterocycles. The fourth-order valence-electron chi connectivity index (χ4n) is 4.98. The summed E-state index contributed by atoms with van der Waals surface area (Å²) in [6.45, 7) is 9.16. The quantitative estimate of drug-likeness (QED) is 0.265. The van der Waals surface area contributed by atoms with Gasteiger partial charge < -0.3 is 14.4 Å². The van der Waals surface area contributed by atoms with Crippen LogP contribution in [0.5, 0.6) is 11.6 Å². The van der Waals surface area contributed by atoms with Crippen molar-refractivity contribution in [2.24, 2.45) is 5.92 Å². The van der Waals surface area contributed by atoms with Crippen molar-refractivity contribution in [3.05, 3.63) is 81.7 Å². The molecule has 0 saturated carbocycles. The van der Waals surface area contributed by atoms with Crippen LogP contribution in [0.1, 0.15) is 39.2 Å². The Morgan fingerprint density at radius 1 is 1.12 bits per heavy atom. The van der Waals surface area contributed by atoms with Crippen molar-refractivity contribution < 1.29 is 14.3 Å². The number of carbonyl (C=O) groups is 1. The zero-order valence-electron chi connectivity index (χ0n) is 23.2. The molecule has 2 aromatic heterocycles. The Kier molecular flexibility index (Phi) is 7.81. The number of hydrogen-bond donors (Lipinski definition) is 0. The number of fused-ring (bicyclic) bond motifs is 1. The number of hydrogen-bond acceptors (Lipinski definition) is 6. The molecule has 8 nitrogen and oxygen atoms in total. The van der Waals surface area contributed by atoms with Crippen molar-refractivity contribution in [3.63, 3.8) is 0 Å². The third kappa shape index (κ3) is 6.12. The zero-order chi connectivity index (χ0) is 28.4. The molecule has 1 atom stereocenters. The Morgan fingerprint density at radius 3 is 2.67 bits per heavy atom. The van der Waals surface area contributed by atoms with Crippen LogP contribution in [0.2, 0.25) is 5.02 Å². The van der Waals surface area contributed by atoms with Crippen LogP contribution < -0.4 is 10.3 Å². The summed E-state index contributed by atoms with van der Waals surface area (Å²) in [5.74, 6) is 1.37. The van der Waals surface area contributed by atoms with E-state index in [1.54, 1.807) is 46.0 Å². The molecule has 1 saturated heterocycles. The number of benzene rings is 2. The molecule has 4 aromatic rings. The predicted molar refractivity (Wildman–Crippen MR) is 156 cm³/mol. The first-order valence-corrected chi connectivity index (χ1v) is 13.8. The number of aryl methyl sites for hydroxylation is 1. The van der Waals surface area contributed by atoms with Gasteiger partial charge in [-0.3, -0.25) is 9.36 Å². The van der Waals surface area contributed by atoms with E-state index in [4.69, 9.17) is 26.1 Å². The molecule has 1 aliphatic heterocycles. The number of aromatic nitrogens is 3. The lowest BCUT2D eigenvalue weighted by molar-refractivity contribution is 0.0157. The standard InChI is InChI=1S/C31H33ClN4O4/c1-20-9-5-6-11-23(20)27-34-26-14-13-22(39-28-25(32)12-7-15-33-28)17-24(26)29(37)36(27)19-21-10-8-16-35(18-21)30(38)40-31(2,3)4/h5-7,9,11-15,17,21H,8,10,16,18-19H2,1-4H3/t21-/m0/s1. The molecule has 9 heteroatoms. The molecule has 5 rings (SSSR count). The SMILES string of the molecule is Cc1ccccc1-c1nc2ccc(Oc3ncccc3Cl)cc2c(=O)n1C[C@H]1CCCN(C(=O)OC(C)(C)C)C1. The van der Waals surface area contributed by atoms with Crippen molar-refractivity contribution in [1.82, 2.24) is 19.4 Å². The van der Waals surface area contributed by atoms with E-state index < -0.39 is 5.60 Å². The molecule has 1 fully saturated rings. The molecule has 1 amide bonds. The lowest BCUT2D eigenvalue weighted by Crippen LogP contribution is -2.44. The summed E-state index contributed by atoms with van der Waals surface area (Å²) in [6.07, 6.45) is 2.99. The molecule has 0 N–H and O–H groups in total. The number of amides is 1. The maximum atomic E-state index is 14.1. The summed E-state index contributed by atoms with van der Waals surface area (Å²) in [5.41, 5.74) is 1.74. The Balaban J connectivity index is 1.54. The molecule has 40 heavy (non-hydrogen) atoms. The number of nitrogens with zero attached hydrogens (tertiary/aromatic N) is 4. The topological polar surface area (TPSA) is 86.6 Å². The van der Waals surface area contributed by atoms with E-state index in [1.165, 1.54) is 0 Å². The number of pyridine rings is 1. The van der Waals surface area contributed by atoms with Crippen LogP contribution in [-0.2, 0) is 11.3 Å². The fraction of sp³-hybridized carbons (Fsp3) is 0.355. The second-order valence-electron chi connectivity index (χ2n) is 11.2. The number of piperidine rings is 1. The first-order valence-electron chi connectivity index (χ1n) is 13.5. The van der Waals surface area contributed by atoms with E-state index in [-0.39, 0.29) is 23.5 Å². The lowest BCUT2D eigenvalue weighted by atomic mass is 9.97. The molecule has 208 valence electrons. The van der Waals surface area contributed by atoms with Gasteiger partial charge in [0.25, 0.3) is 5.56 Å². The molecule has 0 unspecified atom stereocenters. The average molecular weight is 561 g/mol. The van der Waals surface area contributed by atoms with Crippen LogP contribution in [0.4, 0.5) is 4.79 Å². The van der Waals surface area contributed by atoms with Crippen molar-refractivity contribution in [2.45, 2.75) is 52.7 Å². The molecule has 0 radical (unpaired) electrons. The zero-order valence-corrected chi connectivity index (χ0v) is 23.9. The number of carbonyl (C=O) groups excluding carboxylic acids is 1. The second-order valence-corrected chi connectivity index (χ2v) is 11.6. The number of likely N-dealkylation sites (tertiary alicyclic amines) is 1. The molecule has 1 aliphatic rings. The Bertz CT molecular complexity index is 1610. The van der Waals surface area contributed by atoms with Crippen LogP contribution in [0.25, 0.3) is 22.3 Å². The van der Waals surface area contributed by atoms with Crippen LogP contribution in [0, 0.1) is 12.8 Å². The van der Waals surface area contributed by atoms with Gasteiger partial charge in [-0.15, -0.1) is 0 Å². The van der Waals surface area contributed by atoms with Crippen molar-refractivity contribution in [2.75, 3.05) is 13.1 Å². The van der Waals surface area contributed by atoms with Gasteiger partial charge >= 0.3 is 6.09 Å². The Morgan fingerprint density at radius 2 is 1.93 bits per heavy atom. The smallest absolute Gasteiger partial charge is 0.410 e. The highest BCUT2D eigenvalue weighted by Crippen LogP contribution is 2.30. The monoisotopic (exact) mass is 560 g/mol. The average Bonchev–Trinajstić information content (AvgIpc) is 2.91. The third-order valence-electron chi connectivity index (χ3n) is 6.86. The number of halogens is 1. The summed E-state index contributed by atoms with van der Waals surface area (Å²) in [6, 6.07) is 16.5. The van der Waals surface area contributed by atoms with Gasteiger partial charge in [0.1, 0.15) is 22.2 Å². The van der Waals surface area contributed by atoms with E-state index in [0.29, 0.717) is 47.1 Å². The molecule has 0 spiro atoms. The second kappa shape index (κ2) is 11.3. The van der Waals surface area contributed by atoms with Gasteiger partial charge in [0, 0.05) is 31.4 Å². The van der Waals surface area contributed by atoms with E-state index in [1.807, 2.05) is 52.0 Å².